The van der Waals surface area contributed by atoms with Crippen molar-refractivity contribution in [2.75, 3.05) is 11.2 Å². The Kier molecular flexibility index (Phi) is 3.95. The number of pyridine rings is 1. The molecule has 5 N–H and O–H groups in total. The number of anilines is 2. The Labute approximate surface area is 115 Å². The fourth-order valence-corrected chi connectivity index (χ4v) is 2.05. The van der Waals surface area contributed by atoms with E-state index in [0.717, 1.165) is 24.0 Å². The summed E-state index contributed by atoms with van der Waals surface area (Å²) >= 11 is 1.05. The van der Waals surface area contributed by atoms with Crippen LogP contribution >= 0.6 is 11.8 Å². The summed E-state index contributed by atoms with van der Waals surface area (Å²) in [7, 11) is 0. The number of hydrazine groups is 1. The molecule has 2 rings (SSSR count). The van der Waals surface area contributed by atoms with Crippen molar-refractivity contribution in [2.24, 2.45) is 5.84 Å². The van der Waals surface area contributed by atoms with E-state index in [4.69, 9.17) is 11.6 Å². The van der Waals surface area contributed by atoms with Crippen LogP contribution in [0.15, 0.2) is 34.4 Å². The topological polar surface area (TPSA) is 103 Å². The van der Waals surface area contributed by atoms with E-state index in [9.17, 15) is 13.2 Å². The van der Waals surface area contributed by atoms with Crippen LogP contribution in [-0.4, -0.2) is 15.0 Å². The van der Waals surface area contributed by atoms with Gasteiger partial charge >= 0.3 is 6.18 Å². The Morgan fingerprint density at radius 1 is 1.15 bits per heavy atom. The number of hydrogen-bond donors (Lipinski definition) is 3. The number of nitrogen functional groups attached to an aromatic ring is 2. The van der Waals surface area contributed by atoms with Gasteiger partial charge in [-0.15, -0.1) is 0 Å². The standard InChI is InChI=1S/C10H9F3N6S/c11-10(12,13)5-1-2-7(16-4-5)20-8-3-6(19-15)17-9(14)18-8/h1-4H,15H2,(H3,14,17,18,19). The summed E-state index contributed by atoms with van der Waals surface area (Å²) in [4.78, 5) is 11.4. The molecule has 0 spiro atoms. The van der Waals surface area contributed by atoms with E-state index in [2.05, 4.69) is 20.4 Å². The second-order valence-electron chi connectivity index (χ2n) is 3.58. The molecule has 0 radical (unpaired) electrons. The van der Waals surface area contributed by atoms with Gasteiger partial charge in [0.1, 0.15) is 15.9 Å². The van der Waals surface area contributed by atoms with E-state index in [1.54, 1.807) is 0 Å². The number of nitrogens with two attached hydrogens (primary N) is 2. The molecule has 20 heavy (non-hydrogen) atoms. The molecule has 0 bridgehead atoms. The summed E-state index contributed by atoms with van der Waals surface area (Å²) in [6.07, 6.45) is -3.65. The van der Waals surface area contributed by atoms with E-state index in [-0.39, 0.29) is 5.95 Å². The zero-order valence-corrected chi connectivity index (χ0v) is 10.7. The molecular formula is C10H9F3N6S. The molecule has 2 aromatic rings. The van der Waals surface area contributed by atoms with E-state index in [1.165, 1.54) is 12.1 Å². The Balaban J connectivity index is 2.20. The molecule has 10 heteroatoms. The summed E-state index contributed by atoms with van der Waals surface area (Å²) in [5.41, 5.74) is 6.97. The van der Waals surface area contributed by atoms with Crippen LogP contribution in [-0.2, 0) is 6.18 Å². The fraction of sp³-hybridized carbons (Fsp3) is 0.100. The van der Waals surface area contributed by atoms with Gasteiger partial charge in [-0.25, -0.2) is 15.8 Å². The molecule has 106 valence electrons. The molecule has 0 aliphatic carbocycles. The number of aromatic nitrogens is 3. The minimum atomic E-state index is -4.41. The fourth-order valence-electron chi connectivity index (χ4n) is 1.28. The Morgan fingerprint density at radius 2 is 1.90 bits per heavy atom. The molecule has 0 saturated heterocycles. The Morgan fingerprint density at radius 3 is 2.45 bits per heavy atom. The molecular weight excluding hydrogens is 293 g/mol. The first kappa shape index (κ1) is 14.3. The van der Waals surface area contributed by atoms with Gasteiger partial charge in [-0.1, -0.05) is 0 Å². The van der Waals surface area contributed by atoms with Crippen LogP contribution in [0.2, 0.25) is 0 Å². The predicted molar refractivity (Wildman–Crippen MR) is 67.6 cm³/mol. The first-order chi connectivity index (χ1) is 9.38. The van der Waals surface area contributed by atoms with Crippen molar-refractivity contribution >= 4 is 23.5 Å². The van der Waals surface area contributed by atoms with Crippen molar-refractivity contribution in [2.45, 2.75) is 16.2 Å². The zero-order valence-electron chi connectivity index (χ0n) is 9.85. The van der Waals surface area contributed by atoms with E-state index in [1.807, 2.05) is 0 Å². The molecule has 0 aliphatic heterocycles. The Hall–Kier alpha value is -2.07. The molecule has 0 amide bonds. The summed E-state index contributed by atoms with van der Waals surface area (Å²) in [6.45, 7) is 0. The molecule has 0 aliphatic rings. The van der Waals surface area contributed by atoms with Crippen LogP contribution < -0.4 is 17.0 Å². The molecule has 6 nitrogen and oxygen atoms in total. The predicted octanol–water partition coefficient (Wildman–Crippen LogP) is 1.91. The van der Waals surface area contributed by atoms with E-state index < -0.39 is 11.7 Å². The molecule has 0 unspecified atom stereocenters. The highest BCUT2D eigenvalue weighted by molar-refractivity contribution is 7.99. The number of halogens is 3. The van der Waals surface area contributed by atoms with Gasteiger partial charge in [0.05, 0.1) is 5.56 Å². The molecule has 0 saturated carbocycles. The van der Waals surface area contributed by atoms with Crippen LogP contribution in [0.25, 0.3) is 0 Å². The lowest BCUT2D eigenvalue weighted by Gasteiger charge is -2.07. The molecule has 0 aromatic carbocycles. The summed E-state index contributed by atoms with van der Waals surface area (Å²) in [6, 6.07) is 3.70. The normalized spacial score (nSPS) is 11.4. The highest BCUT2D eigenvalue weighted by Gasteiger charge is 2.30. The van der Waals surface area contributed by atoms with Crippen LogP contribution in [0, 0.1) is 0 Å². The first-order valence-corrected chi connectivity index (χ1v) is 6.02. The average Bonchev–Trinajstić information content (AvgIpc) is 2.37. The third-order valence-electron chi connectivity index (χ3n) is 2.14. The van der Waals surface area contributed by atoms with Crippen molar-refractivity contribution in [3.63, 3.8) is 0 Å². The maximum atomic E-state index is 12.4. The van der Waals surface area contributed by atoms with Gasteiger partial charge in [0.2, 0.25) is 5.95 Å². The monoisotopic (exact) mass is 302 g/mol. The van der Waals surface area contributed by atoms with Gasteiger partial charge in [-0.2, -0.15) is 18.2 Å². The Bertz CT molecular complexity index is 601. The summed E-state index contributed by atoms with van der Waals surface area (Å²) in [5.74, 6) is 5.50. The third kappa shape index (κ3) is 3.48. The molecule has 2 heterocycles. The number of nitrogens with one attached hydrogen (secondary N) is 1. The number of alkyl halides is 3. The minimum absolute atomic E-state index is 0.00476. The maximum absolute atomic E-state index is 12.4. The third-order valence-corrected chi connectivity index (χ3v) is 3.01. The largest absolute Gasteiger partial charge is 0.417 e. The lowest BCUT2D eigenvalue weighted by molar-refractivity contribution is -0.137. The van der Waals surface area contributed by atoms with Gasteiger partial charge in [0.15, 0.2) is 0 Å². The smallest absolute Gasteiger partial charge is 0.368 e. The molecule has 0 fully saturated rings. The van der Waals surface area contributed by atoms with E-state index >= 15 is 0 Å². The van der Waals surface area contributed by atoms with Gasteiger partial charge in [0.25, 0.3) is 0 Å². The van der Waals surface area contributed by atoms with Crippen LogP contribution in [0.5, 0.6) is 0 Å². The van der Waals surface area contributed by atoms with Gasteiger partial charge in [-0.05, 0) is 23.9 Å². The maximum Gasteiger partial charge on any atom is 0.417 e. The lowest BCUT2D eigenvalue weighted by atomic mass is 10.3. The van der Waals surface area contributed by atoms with Crippen LogP contribution in [0.4, 0.5) is 24.9 Å². The second-order valence-corrected chi connectivity index (χ2v) is 4.62. The highest BCUT2D eigenvalue weighted by atomic mass is 32.2. The minimum Gasteiger partial charge on any atom is -0.368 e. The van der Waals surface area contributed by atoms with Crippen molar-refractivity contribution in [1.82, 2.24) is 15.0 Å². The van der Waals surface area contributed by atoms with Crippen molar-refractivity contribution < 1.29 is 13.2 Å². The second kappa shape index (κ2) is 5.51. The summed E-state index contributed by atoms with van der Waals surface area (Å²) in [5, 5.41) is 0.761. The van der Waals surface area contributed by atoms with Crippen LogP contribution in [0.1, 0.15) is 5.56 Å². The van der Waals surface area contributed by atoms with Gasteiger partial charge in [0, 0.05) is 12.3 Å². The van der Waals surface area contributed by atoms with Gasteiger partial charge in [-0.3, -0.25) is 0 Å². The summed E-state index contributed by atoms with van der Waals surface area (Å²) < 4.78 is 37.2. The molecule has 2 aromatic heterocycles. The van der Waals surface area contributed by atoms with Crippen molar-refractivity contribution in [1.29, 1.82) is 0 Å². The zero-order chi connectivity index (χ0) is 14.8. The lowest BCUT2D eigenvalue weighted by Crippen LogP contribution is -2.10. The number of nitrogens with zero attached hydrogens (tertiary/aromatic N) is 3. The van der Waals surface area contributed by atoms with Crippen LogP contribution in [0.3, 0.4) is 0 Å². The van der Waals surface area contributed by atoms with Gasteiger partial charge < -0.3 is 11.2 Å². The quantitative estimate of drug-likeness (QED) is 0.452. The number of rotatable bonds is 3. The molecule has 0 atom stereocenters. The number of hydrogen-bond acceptors (Lipinski definition) is 7. The SMILES string of the molecule is NNc1cc(Sc2ccc(C(F)(F)F)cn2)nc(N)n1. The average molecular weight is 302 g/mol. The first-order valence-electron chi connectivity index (χ1n) is 5.21. The van der Waals surface area contributed by atoms with E-state index in [0.29, 0.717) is 15.9 Å². The highest BCUT2D eigenvalue weighted by Crippen LogP contribution is 2.31. The van der Waals surface area contributed by atoms with Crippen molar-refractivity contribution in [3.05, 3.63) is 30.0 Å². The van der Waals surface area contributed by atoms with Crippen molar-refractivity contribution in [3.8, 4) is 0 Å².